The maximum absolute atomic E-state index is 12.4. The third-order valence-corrected chi connectivity index (χ3v) is 3.49. The number of benzene rings is 1. The summed E-state index contributed by atoms with van der Waals surface area (Å²) < 4.78 is 5.25. The van der Waals surface area contributed by atoms with Crippen molar-refractivity contribution >= 4 is 29.1 Å². The van der Waals surface area contributed by atoms with E-state index in [2.05, 4.69) is 15.3 Å². The van der Waals surface area contributed by atoms with Crippen molar-refractivity contribution in [2.75, 3.05) is 31.6 Å². The molecule has 0 unspecified atom stereocenters. The van der Waals surface area contributed by atoms with Gasteiger partial charge >= 0.3 is 0 Å². The van der Waals surface area contributed by atoms with Crippen LogP contribution < -0.4 is 5.32 Å². The minimum absolute atomic E-state index is 0.111. The van der Waals surface area contributed by atoms with Gasteiger partial charge in [0.1, 0.15) is 5.69 Å². The minimum atomic E-state index is -0.111. The van der Waals surface area contributed by atoms with Crippen molar-refractivity contribution in [1.29, 1.82) is 0 Å². The summed E-state index contributed by atoms with van der Waals surface area (Å²) in [6, 6.07) is 8.84. The monoisotopic (exact) mass is 318 g/mol. The molecule has 1 aromatic heterocycles. The van der Waals surface area contributed by atoms with E-state index >= 15 is 0 Å². The Bertz CT molecular complexity index is 674. The van der Waals surface area contributed by atoms with Gasteiger partial charge in [0.25, 0.3) is 5.91 Å². The highest BCUT2D eigenvalue weighted by atomic mass is 35.5. The summed E-state index contributed by atoms with van der Waals surface area (Å²) in [5.41, 5.74) is 1.13. The highest BCUT2D eigenvalue weighted by Gasteiger charge is 2.20. The summed E-state index contributed by atoms with van der Waals surface area (Å²) in [5.74, 6) is 0.251. The van der Waals surface area contributed by atoms with Gasteiger partial charge in [-0.1, -0.05) is 17.7 Å². The third kappa shape index (κ3) is 3.52. The first-order valence-corrected chi connectivity index (χ1v) is 7.33. The molecule has 114 valence electrons. The number of carbonyl (C=O) groups is 1. The second-order valence-corrected chi connectivity index (χ2v) is 5.24. The van der Waals surface area contributed by atoms with Crippen molar-refractivity contribution in [3.8, 4) is 0 Å². The van der Waals surface area contributed by atoms with E-state index < -0.39 is 0 Å². The van der Waals surface area contributed by atoms with E-state index in [9.17, 15) is 4.79 Å². The van der Waals surface area contributed by atoms with Crippen molar-refractivity contribution in [1.82, 2.24) is 14.9 Å². The van der Waals surface area contributed by atoms with Gasteiger partial charge in [-0.25, -0.2) is 9.97 Å². The molecule has 0 aliphatic carbocycles. The van der Waals surface area contributed by atoms with Gasteiger partial charge in [0.2, 0.25) is 5.95 Å². The van der Waals surface area contributed by atoms with Gasteiger partial charge in [-0.2, -0.15) is 0 Å². The fraction of sp³-hybridized carbons (Fsp3) is 0.267. The number of nitrogens with zero attached hydrogens (tertiary/aromatic N) is 3. The lowest BCUT2D eigenvalue weighted by Crippen LogP contribution is -2.41. The summed E-state index contributed by atoms with van der Waals surface area (Å²) in [7, 11) is 0. The molecule has 1 fully saturated rings. The first kappa shape index (κ1) is 14.7. The number of hydrogen-bond donors (Lipinski definition) is 1. The Hall–Kier alpha value is -2.18. The molecule has 6 nitrogen and oxygen atoms in total. The van der Waals surface area contributed by atoms with Gasteiger partial charge in [-0.15, -0.1) is 0 Å². The van der Waals surface area contributed by atoms with E-state index in [-0.39, 0.29) is 5.91 Å². The normalized spacial score (nSPS) is 14.7. The highest BCUT2D eigenvalue weighted by molar-refractivity contribution is 6.30. The molecule has 1 saturated heterocycles. The van der Waals surface area contributed by atoms with Crippen LogP contribution in [0.4, 0.5) is 11.6 Å². The van der Waals surface area contributed by atoms with Crippen molar-refractivity contribution in [3.05, 3.63) is 47.2 Å². The fourth-order valence-corrected chi connectivity index (χ4v) is 2.35. The molecule has 2 aromatic rings. The van der Waals surface area contributed by atoms with Crippen LogP contribution in [0.2, 0.25) is 5.02 Å². The number of amides is 1. The second-order valence-electron chi connectivity index (χ2n) is 4.81. The molecule has 0 bridgehead atoms. The van der Waals surface area contributed by atoms with Crippen LogP contribution in [0.15, 0.2) is 36.5 Å². The zero-order valence-corrected chi connectivity index (χ0v) is 12.6. The molecule has 0 saturated carbocycles. The van der Waals surface area contributed by atoms with Gasteiger partial charge in [0.05, 0.1) is 13.2 Å². The number of aromatic nitrogens is 2. The number of morpholine rings is 1. The second kappa shape index (κ2) is 6.72. The van der Waals surface area contributed by atoms with E-state index in [0.717, 1.165) is 5.69 Å². The Morgan fingerprint density at radius 3 is 2.86 bits per heavy atom. The van der Waals surface area contributed by atoms with E-state index in [1.165, 1.54) is 0 Å². The van der Waals surface area contributed by atoms with Crippen LogP contribution in [0.5, 0.6) is 0 Å². The van der Waals surface area contributed by atoms with E-state index in [4.69, 9.17) is 16.3 Å². The molecule has 1 aliphatic heterocycles. The SMILES string of the molecule is O=C(c1ccnc(Nc2cccc(Cl)c2)n1)N1CCOCC1. The summed E-state index contributed by atoms with van der Waals surface area (Å²) in [6.45, 7) is 2.29. The number of anilines is 2. The Morgan fingerprint density at radius 2 is 2.09 bits per heavy atom. The van der Waals surface area contributed by atoms with Crippen LogP contribution in [-0.2, 0) is 4.74 Å². The van der Waals surface area contributed by atoms with E-state index in [0.29, 0.717) is 43.0 Å². The average Bonchev–Trinajstić information content (AvgIpc) is 2.55. The van der Waals surface area contributed by atoms with Gasteiger partial charge in [0.15, 0.2) is 0 Å². The first-order chi connectivity index (χ1) is 10.7. The van der Waals surface area contributed by atoms with Crippen LogP contribution in [0.25, 0.3) is 0 Å². The largest absolute Gasteiger partial charge is 0.378 e. The number of hydrogen-bond acceptors (Lipinski definition) is 5. The zero-order chi connectivity index (χ0) is 15.4. The molecule has 1 aliphatic rings. The molecule has 1 amide bonds. The minimum Gasteiger partial charge on any atom is -0.378 e. The van der Waals surface area contributed by atoms with Gasteiger partial charge < -0.3 is 15.0 Å². The smallest absolute Gasteiger partial charge is 0.272 e. The van der Waals surface area contributed by atoms with Crippen molar-refractivity contribution in [2.24, 2.45) is 0 Å². The van der Waals surface area contributed by atoms with E-state index in [1.807, 2.05) is 12.1 Å². The lowest BCUT2D eigenvalue weighted by molar-refractivity contribution is 0.0299. The Balaban J connectivity index is 1.75. The van der Waals surface area contributed by atoms with Crippen molar-refractivity contribution in [2.45, 2.75) is 0 Å². The van der Waals surface area contributed by atoms with Crippen molar-refractivity contribution in [3.63, 3.8) is 0 Å². The molecule has 0 radical (unpaired) electrons. The summed E-state index contributed by atoms with van der Waals surface area (Å²) in [4.78, 5) is 22.5. The summed E-state index contributed by atoms with van der Waals surface area (Å²) in [5, 5.41) is 3.66. The highest BCUT2D eigenvalue weighted by Crippen LogP contribution is 2.18. The Labute approximate surface area is 133 Å². The zero-order valence-electron chi connectivity index (χ0n) is 11.8. The molecular weight excluding hydrogens is 304 g/mol. The molecule has 0 spiro atoms. The van der Waals surface area contributed by atoms with Crippen LogP contribution in [0.1, 0.15) is 10.5 Å². The maximum Gasteiger partial charge on any atom is 0.272 e. The predicted octanol–water partition coefficient (Wildman–Crippen LogP) is 2.35. The van der Waals surface area contributed by atoms with Crippen LogP contribution >= 0.6 is 11.6 Å². The molecule has 0 atom stereocenters. The number of carbonyl (C=O) groups excluding carboxylic acids is 1. The van der Waals surface area contributed by atoms with Gasteiger partial charge in [0, 0.05) is 30.0 Å². The molecule has 7 heteroatoms. The maximum atomic E-state index is 12.4. The molecule has 2 heterocycles. The van der Waals surface area contributed by atoms with Gasteiger partial charge in [-0.05, 0) is 24.3 Å². The topological polar surface area (TPSA) is 67.4 Å². The number of rotatable bonds is 3. The Kier molecular flexibility index (Phi) is 4.50. The van der Waals surface area contributed by atoms with E-state index in [1.54, 1.807) is 29.3 Å². The van der Waals surface area contributed by atoms with Crippen LogP contribution in [0, 0.1) is 0 Å². The standard InChI is InChI=1S/C15H15ClN4O2/c16-11-2-1-3-12(10-11)18-15-17-5-4-13(19-15)14(21)20-6-8-22-9-7-20/h1-5,10H,6-9H2,(H,17,18,19). The molecular formula is C15H15ClN4O2. The van der Waals surface area contributed by atoms with Crippen molar-refractivity contribution < 1.29 is 9.53 Å². The fourth-order valence-electron chi connectivity index (χ4n) is 2.16. The lowest BCUT2D eigenvalue weighted by Gasteiger charge is -2.26. The molecule has 1 aromatic carbocycles. The van der Waals surface area contributed by atoms with Gasteiger partial charge in [-0.3, -0.25) is 4.79 Å². The Morgan fingerprint density at radius 1 is 1.27 bits per heavy atom. The number of ether oxygens (including phenoxy) is 1. The first-order valence-electron chi connectivity index (χ1n) is 6.95. The van der Waals surface area contributed by atoms with Crippen LogP contribution in [0.3, 0.4) is 0 Å². The number of halogens is 1. The summed E-state index contributed by atoms with van der Waals surface area (Å²) in [6.07, 6.45) is 1.56. The summed E-state index contributed by atoms with van der Waals surface area (Å²) >= 11 is 5.94. The predicted molar refractivity (Wildman–Crippen MR) is 83.5 cm³/mol. The molecule has 22 heavy (non-hydrogen) atoms. The third-order valence-electron chi connectivity index (χ3n) is 3.25. The lowest BCUT2D eigenvalue weighted by atomic mass is 10.3. The average molecular weight is 319 g/mol. The molecule has 1 N–H and O–H groups in total. The quantitative estimate of drug-likeness (QED) is 0.941. The number of nitrogens with one attached hydrogen (secondary N) is 1. The molecule has 3 rings (SSSR count). The van der Waals surface area contributed by atoms with Crippen LogP contribution in [-0.4, -0.2) is 47.1 Å².